The van der Waals surface area contributed by atoms with E-state index in [1.54, 1.807) is 24.3 Å². The summed E-state index contributed by atoms with van der Waals surface area (Å²) in [6.45, 7) is 0. The highest BCUT2D eigenvalue weighted by atomic mass is 16.5. The monoisotopic (exact) mass is 412 g/mol. The summed E-state index contributed by atoms with van der Waals surface area (Å²) in [4.78, 5) is 25.1. The number of fused-ring (bicyclic) bond motifs is 1. The van der Waals surface area contributed by atoms with Gasteiger partial charge in [0.2, 0.25) is 0 Å². The maximum atomic E-state index is 13.5. The predicted octanol–water partition coefficient (Wildman–Crippen LogP) is 5.53. The standard InChI is InChI=1S/C26H20O5/c1-29-21-16-17(13-14-22(27)30-2)15-20-23(24(28)18-9-5-3-6-10-18)25(31-26(20)21)19-11-7-4-8-12-19/h3-16H,1-2H3/b14-13+. The van der Waals surface area contributed by atoms with Crippen molar-refractivity contribution in [2.45, 2.75) is 0 Å². The first-order chi connectivity index (χ1) is 15.1. The molecule has 0 spiro atoms. The molecule has 154 valence electrons. The van der Waals surface area contributed by atoms with Crippen LogP contribution in [0.25, 0.3) is 28.4 Å². The van der Waals surface area contributed by atoms with Gasteiger partial charge in [-0.05, 0) is 23.8 Å². The molecule has 0 saturated carbocycles. The zero-order valence-electron chi connectivity index (χ0n) is 17.1. The minimum absolute atomic E-state index is 0.158. The van der Waals surface area contributed by atoms with Gasteiger partial charge in [0.05, 0.1) is 19.8 Å². The Labute approximate surface area is 179 Å². The lowest BCUT2D eigenvalue weighted by atomic mass is 9.96. The number of esters is 1. The maximum Gasteiger partial charge on any atom is 0.330 e. The van der Waals surface area contributed by atoms with Crippen LogP contribution in [0.5, 0.6) is 5.75 Å². The summed E-state index contributed by atoms with van der Waals surface area (Å²) in [5.74, 6) is 0.300. The highest BCUT2D eigenvalue weighted by molar-refractivity contribution is 6.20. The van der Waals surface area contributed by atoms with E-state index in [1.165, 1.54) is 20.3 Å². The van der Waals surface area contributed by atoms with Crippen molar-refractivity contribution in [1.82, 2.24) is 0 Å². The van der Waals surface area contributed by atoms with Gasteiger partial charge in [0.1, 0.15) is 5.76 Å². The van der Waals surface area contributed by atoms with Crippen LogP contribution < -0.4 is 4.74 Å². The van der Waals surface area contributed by atoms with E-state index in [4.69, 9.17) is 9.15 Å². The van der Waals surface area contributed by atoms with Crippen LogP contribution in [-0.2, 0) is 9.53 Å². The third kappa shape index (κ3) is 3.98. The Kier molecular flexibility index (Phi) is 5.67. The molecular weight excluding hydrogens is 392 g/mol. The molecule has 5 heteroatoms. The SMILES string of the molecule is COC(=O)/C=C/c1cc(OC)c2oc(-c3ccccc3)c(C(=O)c3ccccc3)c2c1. The molecule has 0 amide bonds. The molecule has 1 aromatic heterocycles. The summed E-state index contributed by atoms with van der Waals surface area (Å²) in [7, 11) is 2.85. The number of hydrogen-bond acceptors (Lipinski definition) is 5. The molecule has 1 heterocycles. The first-order valence-corrected chi connectivity index (χ1v) is 9.68. The number of carbonyl (C=O) groups excluding carboxylic acids is 2. The van der Waals surface area contributed by atoms with Gasteiger partial charge in [-0.15, -0.1) is 0 Å². The van der Waals surface area contributed by atoms with E-state index >= 15 is 0 Å². The number of ether oxygens (including phenoxy) is 2. The van der Waals surface area contributed by atoms with Crippen LogP contribution in [-0.4, -0.2) is 26.0 Å². The van der Waals surface area contributed by atoms with Gasteiger partial charge in [0, 0.05) is 22.6 Å². The van der Waals surface area contributed by atoms with Crippen molar-refractivity contribution in [3.05, 3.63) is 95.6 Å². The minimum atomic E-state index is -0.475. The third-order valence-electron chi connectivity index (χ3n) is 4.91. The van der Waals surface area contributed by atoms with E-state index in [0.717, 1.165) is 5.56 Å². The number of furan rings is 1. The van der Waals surface area contributed by atoms with Crippen LogP contribution in [0.1, 0.15) is 21.5 Å². The summed E-state index contributed by atoms with van der Waals surface area (Å²) in [5.41, 5.74) is 2.93. The zero-order valence-corrected chi connectivity index (χ0v) is 17.1. The molecule has 31 heavy (non-hydrogen) atoms. The molecule has 0 atom stereocenters. The van der Waals surface area contributed by atoms with Crippen LogP contribution in [0.15, 0.2) is 83.3 Å². The van der Waals surface area contributed by atoms with Gasteiger partial charge in [-0.3, -0.25) is 4.79 Å². The summed E-state index contributed by atoms with van der Waals surface area (Å²) in [6, 6.07) is 22.1. The van der Waals surface area contributed by atoms with Crippen molar-refractivity contribution in [2.24, 2.45) is 0 Å². The molecule has 5 nitrogen and oxygen atoms in total. The van der Waals surface area contributed by atoms with E-state index in [0.29, 0.717) is 39.2 Å². The smallest absolute Gasteiger partial charge is 0.330 e. The molecular formula is C26H20O5. The molecule has 0 unspecified atom stereocenters. The molecule has 0 aliphatic carbocycles. The Morgan fingerprint density at radius 3 is 2.23 bits per heavy atom. The van der Waals surface area contributed by atoms with Gasteiger partial charge in [-0.2, -0.15) is 0 Å². The summed E-state index contributed by atoms with van der Waals surface area (Å²) < 4.78 is 16.4. The van der Waals surface area contributed by atoms with Crippen molar-refractivity contribution >= 4 is 28.8 Å². The number of rotatable bonds is 6. The van der Waals surface area contributed by atoms with E-state index < -0.39 is 5.97 Å². The van der Waals surface area contributed by atoms with Gasteiger partial charge in [-0.1, -0.05) is 60.7 Å². The van der Waals surface area contributed by atoms with Crippen molar-refractivity contribution in [1.29, 1.82) is 0 Å². The predicted molar refractivity (Wildman–Crippen MR) is 119 cm³/mol. The fourth-order valence-electron chi connectivity index (χ4n) is 3.42. The lowest BCUT2D eigenvalue weighted by Gasteiger charge is -2.05. The molecule has 0 radical (unpaired) electrons. The number of benzene rings is 3. The quantitative estimate of drug-likeness (QED) is 0.237. The second-order valence-electron chi connectivity index (χ2n) is 6.82. The minimum Gasteiger partial charge on any atom is -0.493 e. The molecule has 0 fully saturated rings. The average Bonchev–Trinajstić information content (AvgIpc) is 3.22. The first kappa shape index (κ1) is 20.2. The van der Waals surface area contributed by atoms with Crippen molar-refractivity contribution in [3.8, 4) is 17.1 Å². The van der Waals surface area contributed by atoms with Gasteiger partial charge in [0.15, 0.2) is 17.1 Å². The number of ketones is 1. The molecule has 0 N–H and O–H groups in total. The van der Waals surface area contributed by atoms with Gasteiger partial charge in [-0.25, -0.2) is 4.79 Å². The molecule has 0 aliphatic heterocycles. The molecule has 4 rings (SSSR count). The number of methoxy groups -OCH3 is 2. The van der Waals surface area contributed by atoms with Crippen LogP contribution in [0.3, 0.4) is 0 Å². The average molecular weight is 412 g/mol. The third-order valence-corrected chi connectivity index (χ3v) is 4.91. The van der Waals surface area contributed by atoms with Crippen LogP contribution in [0.2, 0.25) is 0 Å². The van der Waals surface area contributed by atoms with Crippen LogP contribution in [0.4, 0.5) is 0 Å². The lowest BCUT2D eigenvalue weighted by Crippen LogP contribution is -2.02. The van der Waals surface area contributed by atoms with Crippen LogP contribution in [0, 0.1) is 0 Å². The second-order valence-corrected chi connectivity index (χ2v) is 6.82. The van der Waals surface area contributed by atoms with E-state index in [9.17, 15) is 9.59 Å². The van der Waals surface area contributed by atoms with E-state index in [1.807, 2.05) is 54.6 Å². The molecule has 3 aromatic carbocycles. The highest BCUT2D eigenvalue weighted by Crippen LogP contribution is 2.40. The Morgan fingerprint density at radius 1 is 0.903 bits per heavy atom. The summed E-state index contributed by atoms with van der Waals surface area (Å²) >= 11 is 0. The van der Waals surface area contributed by atoms with Crippen molar-refractivity contribution in [3.63, 3.8) is 0 Å². The summed E-state index contributed by atoms with van der Waals surface area (Å²) in [5, 5.41) is 0.608. The van der Waals surface area contributed by atoms with Crippen LogP contribution >= 0.6 is 0 Å². The van der Waals surface area contributed by atoms with E-state index in [2.05, 4.69) is 4.74 Å². The first-order valence-electron chi connectivity index (χ1n) is 9.68. The molecule has 0 bridgehead atoms. The fourth-order valence-corrected chi connectivity index (χ4v) is 3.42. The zero-order chi connectivity index (χ0) is 21.8. The molecule has 4 aromatic rings. The van der Waals surface area contributed by atoms with Crippen molar-refractivity contribution < 1.29 is 23.5 Å². The molecule has 0 saturated heterocycles. The topological polar surface area (TPSA) is 65.7 Å². The second kappa shape index (κ2) is 8.71. The molecule has 0 aliphatic rings. The van der Waals surface area contributed by atoms with E-state index in [-0.39, 0.29) is 5.78 Å². The lowest BCUT2D eigenvalue weighted by molar-refractivity contribution is -0.134. The number of carbonyl (C=O) groups is 2. The summed E-state index contributed by atoms with van der Waals surface area (Å²) in [6.07, 6.45) is 2.93. The normalized spacial score (nSPS) is 11.0. The van der Waals surface area contributed by atoms with Crippen molar-refractivity contribution in [2.75, 3.05) is 14.2 Å². The Morgan fingerprint density at radius 2 is 1.58 bits per heavy atom. The Bertz CT molecular complexity index is 1270. The van der Waals surface area contributed by atoms with Gasteiger partial charge in [0.25, 0.3) is 0 Å². The Balaban J connectivity index is 1.99. The van der Waals surface area contributed by atoms with Gasteiger partial charge < -0.3 is 13.9 Å². The highest BCUT2D eigenvalue weighted by Gasteiger charge is 2.25. The maximum absolute atomic E-state index is 13.5. The number of hydrogen-bond donors (Lipinski definition) is 0. The Hall–Kier alpha value is -4.12. The van der Waals surface area contributed by atoms with Gasteiger partial charge >= 0.3 is 5.97 Å². The fraction of sp³-hybridized carbons (Fsp3) is 0.0769. The largest absolute Gasteiger partial charge is 0.493 e.